The Morgan fingerprint density at radius 2 is 2.25 bits per heavy atom. The summed E-state index contributed by atoms with van der Waals surface area (Å²) in [5.41, 5.74) is 0. The maximum absolute atomic E-state index is 11.4. The lowest BCUT2D eigenvalue weighted by Gasteiger charge is -2.02. The molecule has 1 N–H and O–H groups in total. The third kappa shape index (κ3) is 4.24. The summed E-state index contributed by atoms with van der Waals surface area (Å²) in [6, 6.07) is 0. The monoisotopic (exact) mass is 243 g/mol. The van der Waals surface area contributed by atoms with Crippen molar-refractivity contribution < 1.29 is 9.53 Å². The number of rotatable bonds is 6. The molecule has 0 aliphatic heterocycles. The SMILES string of the molecule is CCOCCc1nnc(NC(=O)C(C)C)s1. The zero-order chi connectivity index (χ0) is 12.0. The van der Waals surface area contributed by atoms with Gasteiger partial charge in [-0.1, -0.05) is 25.2 Å². The van der Waals surface area contributed by atoms with Crippen molar-refractivity contribution in [2.24, 2.45) is 5.92 Å². The molecule has 0 saturated heterocycles. The second-order valence-electron chi connectivity index (χ2n) is 3.59. The summed E-state index contributed by atoms with van der Waals surface area (Å²) >= 11 is 1.39. The largest absolute Gasteiger partial charge is 0.381 e. The van der Waals surface area contributed by atoms with E-state index in [2.05, 4.69) is 15.5 Å². The highest BCUT2D eigenvalue weighted by atomic mass is 32.1. The molecule has 90 valence electrons. The zero-order valence-electron chi connectivity index (χ0n) is 9.82. The predicted molar refractivity (Wildman–Crippen MR) is 63.6 cm³/mol. The lowest BCUT2D eigenvalue weighted by molar-refractivity contribution is -0.118. The van der Waals surface area contributed by atoms with Gasteiger partial charge in [-0.05, 0) is 6.92 Å². The average Bonchev–Trinajstić information content (AvgIpc) is 2.66. The highest BCUT2D eigenvalue weighted by molar-refractivity contribution is 7.15. The van der Waals surface area contributed by atoms with Gasteiger partial charge in [0.05, 0.1) is 6.61 Å². The van der Waals surface area contributed by atoms with Crippen LogP contribution >= 0.6 is 11.3 Å². The zero-order valence-corrected chi connectivity index (χ0v) is 10.6. The second kappa shape index (κ2) is 6.55. The molecule has 1 aromatic heterocycles. The normalized spacial score (nSPS) is 10.8. The molecule has 0 aromatic carbocycles. The van der Waals surface area contributed by atoms with Crippen molar-refractivity contribution in [3.63, 3.8) is 0 Å². The number of nitrogens with one attached hydrogen (secondary N) is 1. The fraction of sp³-hybridized carbons (Fsp3) is 0.700. The Bertz CT molecular complexity index is 339. The number of ether oxygens (including phenoxy) is 1. The van der Waals surface area contributed by atoms with E-state index < -0.39 is 0 Å². The molecular formula is C10H17N3O2S. The van der Waals surface area contributed by atoms with E-state index in [4.69, 9.17) is 4.74 Å². The number of anilines is 1. The van der Waals surface area contributed by atoms with E-state index in [9.17, 15) is 4.79 Å². The molecule has 0 aliphatic rings. The first-order valence-electron chi connectivity index (χ1n) is 5.34. The van der Waals surface area contributed by atoms with Gasteiger partial charge in [0.15, 0.2) is 0 Å². The Labute approximate surface area is 99.2 Å². The molecule has 1 rings (SSSR count). The summed E-state index contributed by atoms with van der Waals surface area (Å²) in [5, 5.41) is 12.0. The van der Waals surface area contributed by atoms with Gasteiger partial charge in [-0.25, -0.2) is 0 Å². The summed E-state index contributed by atoms with van der Waals surface area (Å²) in [7, 11) is 0. The minimum absolute atomic E-state index is 0.0347. The highest BCUT2D eigenvalue weighted by Crippen LogP contribution is 2.16. The Hall–Kier alpha value is -1.01. The molecule has 0 atom stereocenters. The fourth-order valence-electron chi connectivity index (χ4n) is 0.959. The summed E-state index contributed by atoms with van der Waals surface area (Å²) in [5.74, 6) is -0.0803. The van der Waals surface area contributed by atoms with Crippen LogP contribution < -0.4 is 5.32 Å². The van der Waals surface area contributed by atoms with E-state index in [0.29, 0.717) is 18.3 Å². The average molecular weight is 243 g/mol. The Morgan fingerprint density at radius 3 is 2.88 bits per heavy atom. The van der Waals surface area contributed by atoms with Crippen molar-refractivity contribution in [3.05, 3.63) is 5.01 Å². The third-order valence-corrected chi connectivity index (χ3v) is 2.78. The van der Waals surface area contributed by atoms with E-state index in [0.717, 1.165) is 11.4 Å². The number of aromatic nitrogens is 2. The maximum Gasteiger partial charge on any atom is 0.228 e. The van der Waals surface area contributed by atoms with Crippen LogP contribution in [0.4, 0.5) is 5.13 Å². The lowest BCUT2D eigenvalue weighted by Crippen LogP contribution is -2.17. The number of hydrogen-bond donors (Lipinski definition) is 1. The van der Waals surface area contributed by atoms with Gasteiger partial charge in [0.1, 0.15) is 5.01 Å². The molecule has 0 saturated carbocycles. The summed E-state index contributed by atoms with van der Waals surface area (Å²) in [6.07, 6.45) is 0.739. The van der Waals surface area contributed by atoms with Crippen LogP contribution in [-0.2, 0) is 16.0 Å². The molecule has 6 heteroatoms. The number of carbonyl (C=O) groups excluding carboxylic acids is 1. The summed E-state index contributed by atoms with van der Waals surface area (Å²) in [4.78, 5) is 11.4. The molecule has 1 amide bonds. The van der Waals surface area contributed by atoms with Crippen LogP contribution in [-0.4, -0.2) is 29.3 Å². The second-order valence-corrected chi connectivity index (χ2v) is 4.65. The van der Waals surface area contributed by atoms with Crippen molar-refractivity contribution >= 4 is 22.4 Å². The van der Waals surface area contributed by atoms with Crippen molar-refractivity contribution in [1.82, 2.24) is 10.2 Å². The van der Waals surface area contributed by atoms with Crippen LogP contribution in [0.3, 0.4) is 0 Å². The van der Waals surface area contributed by atoms with Crippen molar-refractivity contribution in [2.45, 2.75) is 27.2 Å². The number of amides is 1. The van der Waals surface area contributed by atoms with Crippen LogP contribution in [0.5, 0.6) is 0 Å². The van der Waals surface area contributed by atoms with Gasteiger partial charge in [-0.2, -0.15) is 0 Å². The standard InChI is InChI=1S/C10H17N3O2S/c1-4-15-6-5-8-12-13-10(16-8)11-9(14)7(2)3/h7H,4-6H2,1-3H3,(H,11,13,14). The Kier molecular flexibility index (Phi) is 5.34. The maximum atomic E-state index is 11.4. The highest BCUT2D eigenvalue weighted by Gasteiger charge is 2.10. The van der Waals surface area contributed by atoms with Gasteiger partial charge in [-0.3, -0.25) is 4.79 Å². The first kappa shape index (κ1) is 13.1. The van der Waals surface area contributed by atoms with Crippen LogP contribution in [0.25, 0.3) is 0 Å². The Morgan fingerprint density at radius 1 is 1.50 bits per heavy atom. The molecule has 1 heterocycles. The Balaban J connectivity index is 2.42. The molecular weight excluding hydrogens is 226 g/mol. The molecule has 5 nitrogen and oxygen atoms in total. The van der Waals surface area contributed by atoms with Gasteiger partial charge in [0, 0.05) is 18.9 Å². The molecule has 0 fully saturated rings. The number of carbonyl (C=O) groups is 1. The van der Waals surface area contributed by atoms with Crippen molar-refractivity contribution in [1.29, 1.82) is 0 Å². The first-order valence-corrected chi connectivity index (χ1v) is 6.16. The van der Waals surface area contributed by atoms with E-state index in [1.54, 1.807) is 0 Å². The fourth-order valence-corrected chi connectivity index (χ4v) is 1.68. The molecule has 0 radical (unpaired) electrons. The lowest BCUT2D eigenvalue weighted by atomic mass is 10.2. The summed E-state index contributed by atoms with van der Waals surface area (Å²) in [6.45, 7) is 6.98. The topological polar surface area (TPSA) is 64.1 Å². The first-order chi connectivity index (χ1) is 7.63. The van der Waals surface area contributed by atoms with Crippen molar-refractivity contribution in [2.75, 3.05) is 18.5 Å². The molecule has 0 unspecified atom stereocenters. The van der Waals surface area contributed by atoms with E-state index >= 15 is 0 Å². The molecule has 0 bridgehead atoms. The molecule has 16 heavy (non-hydrogen) atoms. The number of nitrogens with zero attached hydrogens (tertiary/aromatic N) is 2. The van der Waals surface area contributed by atoms with E-state index in [-0.39, 0.29) is 11.8 Å². The van der Waals surface area contributed by atoms with E-state index in [1.165, 1.54) is 11.3 Å². The van der Waals surface area contributed by atoms with E-state index in [1.807, 2.05) is 20.8 Å². The molecule has 1 aromatic rings. The van der Waals surface area contributed by atoms with Gasteiger partial charge in [0.25, 0.3) is 0 Å². The molecule has 0 aliphatic carbocycles. The minimum Gasteiger partial charge on any atom is -0.381 e. The summed E-state index contributed by atoms with van der Waals surface area (Å²) < 4.78 is 5.22. The van der Waals surface area contributed by atoms with Crippen molar-refractivity contribution in [3.8, 4) is 0 Å². The molecule has 0 spiro atoms. The predicted octanol–water partition coefficient (Wildman–Crippen LogP) is 1.71. The van der Waals surface area contributed by atoms with Gasteiger partial charge in [-0.15, -0.1) is 10.2 Å². The quantitative estimate of drug-likeness (QED) is 0.773. The minimum atomic E-state index is -0.0456. The number of hydrogen-bond acceptors (Lipinski definition) is 5. The smallest absolute Gasteiger partial charge is 0.228 e. The third-order valence-electron chi connectivity index (χ3n) is 1.89. The van der Waals surface area contributed by atoms with Crippen LogP contribution in [0.2, 0.25) is 0 Å². The van der Waals surface area contributed by atoms with Crippen LogP contribution in [0, 0.1) is 5.92 Å². The van der Waals surface area contributed by atoms with Gasteiger partial charge >= 0.3 is 0 Å². The van der Waals surface area contributed by atoms with Gasteiger partial charge < -0.3 is 10.1 Å². The van der Waals surface area contributed by atoms with Gasteiger partial charge in [0.2, 0.25) is 11.0 Å². The van der Waals surface area contributed by atoms with Crippen LogP contribution in [0.15, 0.2) is 0 Å². The van der Waals surface area contributed by atoms with Crippen LogP contribution in [0.1, 0.15) is 25.8 Å².